The molecule has 2 aromatic carbocycles. The summed E-state index contributed by atoms with van der Waals surface area (Å²) in [5.74, 6) is -0.244. The maximum Gasteiger partial charge on any atom is 0.246 e. The number of hydrogen-bond donors (Lipinski definition) is 2. The fourth-order valence-corrected chi connectivity index (χ4v) is 2.90. The van der Waals surface area contributed by atoms with E-state index in [1.807, 2.05) is 60.7 Å². The van der Waals surface area contributed by atoms with Crippen molar-refractivity contribution in [2.24, 2.45) is 5.92 Å². The van der Waals surface area contributed by atoms with Crippen LogP contribution < -0.4 is 10.6 Å². The van der Waals surface area contributed by atoms with E-state index in [1.54, 1.807) is 0 Å². The zero-order valence-electron chi connectivity index (χ0n) is 18.1. The maximum atomic E-state index is 12.9. The molecule has 1 atom stereocenters. The first-order valence-electron chi connectivity index (χ1n) is 10.5. The Labute approximate surface area is 183 Å². The highest BCUT2D eigenvalue weighted by atomic mass is 16.7. The lowest BCUT2D eigenvalue weighted by molar-refractivity contribution is -0.195. The summed E-state index contributed by atoms with van der Waals surface area (Å²) in [6, 6.07) is 17.8. The van der Waals surface area contributed by atoms with Crippen molar-refractivity contribution in [3.8, 4) is 0 Å². The van der Waals surface area contributed by atoms with Crippen molar-refractivity contribution in [2.75, 3.05) is 13.1 Å². The van der Waals surface area contributed by atoms with Crippen molar-refractivity contribution < 1.29 is 19.2 Å². The fourth-order valence-electron chi connectivity index (χ4n) is 2.90. The Morgan fingerprint density at radius 3 is 2.16 bits per heavy atom. The fraction of sp³-hybridized carbons (Fsp3) is 0.375. The number of benzene rings is 2. The largest absolute Gasteiger partial charge is 0.355 e. The summed E-state index contributed by atoms with van der Waals surface area (Å²) in [4.78, 5) is 42.3. The number of hydroxylamine groups is 2. The molecule has 0 aliphatic carbocycles. The summed E-state index contributed by atoms with van der Waals surface area (Å²) < 4.78 is 0. The standard InChI is InChI=1S/C24H31N3O4/c1-19(2)13-14-25-23(29)16-26-24(30)22(15-20-9-5-3-6-10-20)27(18-28)31-17-21-11-7-4-8-12-21/h3-12,18-19,22H,13-17H2,1-2H3,(H,25,29)(H,26,30). The molecule has 3 amide bonds. The molecule has 31 heavy (non-hydrogen) atoms. The molecule has 7 nitrogen and oxygen atoms in total. The van der Waals surface area contributed by atoms with Crippen molar-refractivity contribution in [3.05, 3.63) is 71.8 Å². The van der Waals surface area contributed by atoms with Gasteiger partial charge in [0.15, 0.2) is 0 Å². The monoisotopic (exact) mass is 425 g/mol. The molecule has 166 valence electrons. The van der Waals surface area contributed by atoms with Crippen molar-refractivity contribution in [1.82, 2.24) is 15.7 Å². The van der Waals surface area contributed by atoms with Gasteiger partial charge in [-0.05, 0) is 23.5 Å². The van der Waals surface area contributed by atoms with Crippen LogP contribution in [-0.4, -0.2) is 42.4 Å². The van der Waals surface area contributed by atoms with Crippen LogP contribution in [0.1, 0.15) is 31.4 Å². The number of carbonyl (C=O) groups excluding carboxylic acids is 3. The number of carbonyl (C=O) groups is 3. The van der Waals surface area contributed by atoms with Gasteiger partial charge in [-0.2, -0.15) is 0 Å². The van der Waals surface area contributed by atoms with E-state index < -0.39 is 11.9 Å². The van der Waals surface area contributed by atoms with Crippen LogP contribution in [0.5, 0.6) is 0 Å². The van der Waals surface area contributed by atoms with Crippen LogP contribution in [0, 0.1) is 5.92 Å². The molecule has 1 unspecified atom stereocenters. The minimum Gasteiger partial charge on any atom is -0.355 e. The Kier molecular flexibility index (Phi) is 10.2. The zero-order chi connectivity index (χ0) is 22.5. The van der Waals surface area contributed by atoms with Crippen molar-refractivity contribution in [1.29, 1.82) is 0 Å². The average molecular weight is 426 g/mol. The molecule has 2 rings (SSSR count). The highest BCUT2D eigenvalue weighted by Gasteiger charge is 2.27. The molecule has 2 N–H and O–H groups in total. The first kappa shape index (κ1) is 24.1. The molecule has 2 aromatic rings. The third-order valence-corrected chi connectivity index (χ3v) is 4.68. The van der Waals surface area contributed by atoms with E-state index >= 15 is 0 Å². The molecule has 0 fully saturated rings. The second-order valence-corrected chi connectivity index (χ2v) is 7.68. The maximum absolute atomic E-state index is 12.9. The molecule has 0 radical (unpaired) electrons. The van der Waals surface area contributed by atoms with Crippen LogP contribution in [0.4, 0.5) is 0 Å². The van der Waals surface area contributed by atoms with Gasteiger partial charge in [0.25, 0.3) is 0 Å². The summed E-state index contributed by atoms with van der Waals surface area (Å²) in [5, 5.41) is 6.42. The Morgan fingerprint density at radius 1 is 0.968 bits per heavy atom. The van der Waals surface area contributed by atoms with Crippen LogP contribution >= 0.6 is 0 Å². The molecular formula is C24H31N3O4. The summed E-state index contributed by atoms with van der Waals surface area (Å²) in [7, 11) is 0. The molecular weight excluding hydrogens is 394 g/mol. The van der Waals surface area contributed by atoms with Gasteiger partial charge in [0.1, 0.15) is 12.6 Å². The lowest BCUT2D eigenvalue weighted by atomic mass is 10.1. The molecule has 0 spiro atoms. The van der Waals surface area contributed by atoms with E-state index in [9.17, 15) is 14.4 Å². The number of nitrogens with one attached hydrogen (secondary N) is 2. The quantitative estimate of drug-likeness (QED) is 0.381. The molecule has 0 bridgehead atoms. The minimum absolute atomic E-state index is 0.147. The second kappa shape index (κ2) is 13.2. The number of nitrogens with zero attached hydrogens (tertiary/aromatic N) is 1. The average Bonchev–Trinajstić information content (AvgIpc) is 2.78. The molecule has 0 aliphatic rings. The lowest BCUT2D eigenvalue weighted by Gasteiger charge is -2.26. The van der Waals surface area contributed by atoms with Crippen molar-refractivity contribution >= 4 is 18.2 Å². The Bertz CT molecular complexity index is 812. The summed E-state index contributed by atoms with van der Waals surface area (Å²) in [6.45, 7) is 4.69. The highest BCUT2D eigenvalue weighted by Crippen LogP contribution is 2.11. The summed E-state index contributed by atoms with van der Waals surface area (Å²) in [6.07, 6.45) is 1.62. The smallest absolute Gasteiger partial charge is 0.246 e. The van der Waals surface area contributed by atoms with Crippen LogP contribution in [0.15, 0.2) is 60.7 Å². The van der Waals surface area contributed by atoms with Gasteiger partial charge >= 0.3 is 0 Å². The molecule has 0 aromatic heterocycles. The number of amides is 3. The summed E-state index contributed by atoms with van der Waals surface area (Å²) >= 11 is 0. The van der Waals surface area contributed by atoms with Gasteiger partial charge in [-0.1, -0.05) is 74.5 Å². The van der Waals surface area contributed by atoms with E-state index in [2.05, 4.69) is 24.5 Å². The van der Waals surface area contributed by atoms with E-state index in [1.165, 1.54) is 0 Å². The van der Waals surface area contributed by atoms with Gasteiger partial charge in [0.2, 0.25) is 18.2 Å². The third-order valence-electron chi connectivity index (χ3n) is 4.68. The van der Waals surface area contributed by atoms with Gasteiger partial charge in [-0.25, -0.2) is 5.06 Å². The van der Waals surface area contributed by atoms with Crippen LogP contribution in [0.2, 0.25) is 0 Å². The molecule has 0 heterocycles. The van der Waals surface area contributed by atoms with E-state index in [-0.39, 0.29) is 25.5 Å². The second-order valence-electron chi connectivity index (χ2n) is 7.68. The van der Waals surface area contributed by atoms with Gasteiger partial charge in [0.05, 0.1) is 6.54 Å². The third kappa shape index (κ3) is 9.00. The van der Waals surface area contributed by atoms with Gasteiger partial charge in [0, 0.05) is 13.0 Å². The minimum atomic E-state index is -0.910. The molecule has 0 saturated heterocycles. The predicted octanol–water partition coefficient (Wildman–Crippen LogP) is 2.47. The van der Waals surface area contributed by atoms with Crippen LogP contribution in [0.25, 0.3) is 0 Å². The van der Waals surface area contributed by atoms with Gasteiger partial charge < -0.3 is 10.6 Å². The van der Waals surface area contributed by atoms with Gasteiger partial charge in [-0.3, -0.25) is 19.2 Å². The Hall–Kier alpha value is -3.19. The first-order valence-corrected chi connectivity index (χ1v) is 10.5. The van der Waals surface area contributed by atoms with E-state index in [0.717, 1.165) is 22.6 Å². The SMILES string of the molecule is CC(C)CCNC(=O)CNC(=O)C(Cc1ccccc1)N(C=O)OCc1ccccc1. The summed E-state index contributed by atoms with van der Waals surface area (Å²) in [5.41, 5.74) is 1.75. The molecule has 0 aliphatic heterocycles. The predicted molar refractivity (Wildman–Crippen MR) is 119 cm³/mol. The van der Waals surface area contributed by atoms with Crippen molar-refractivity contribution in [3.63, 3.8) is 0 Å². The normalized spacial score (nSPS) is 11.6. The lowest BCUT2D eigenvalue weighted by Crippen LogP contribution is -2.49. The topological polar surface area (TPSA) is 87.7 Å². The van der Waals surface area contributed by atoms with Crippen LogP contribution in [-0.2, 0) is 32.2 Å². The first-order chi connectivity index (χ1) is 15.0. The van der Waals surface area contributed by atoms with E-state index in [4.69, 9.17) is 4.84 Å². The van der Waals surface area contributed by atoms with Crippen molar-refractivity contribution in [2.45, 2.75) is 39.3 Å². The Morgan fingerprint density at radius 2 is 1.58 bits per heavy atom. The zero-order valence-corrected chi connectivity index (χ0v) is 18.1. The van der Waals surface area contributed by atoms with Gasteiger partial charge in [-0.15, -0.1) is 0 Å². The Balaban J connectivity index is 2.01. The molecule has 0 saturated carbocycles. The number of rotatable bonds is 13. The highest BCUT2D eigenvalue weighted by molar-refractivity contribution is 5.88. The number of hydrogen-bond acceptors (Lipinski definition) is 4. The molecule has 7 heteroatoms. The van der Waals surface area contributed by atoms with E-state index in [0.29, 0.717) is 18.9 Å². The van der Waals surface area contributed by atoms with Crippen LogP contribution in [0.3, 0.4) is 0 Å².